The fourth-order valence-corrected chi connectivity index (χ4v) is 1.63. The summed E-state index contributed by atoms with van der Waals surface area (Å²) in [5.41, 5.74) is -0.512. The highest BCUT2D eigenvalue weighted by molar-refractivity contribution is 5.48. The van der Waals surface area contributed by atoms with Crippen LogP contribution in [0.15, 0.2) is 24.3 Å². The molecule has 4 heteroatoms. The second-order valence-corrected chi connectivity index (χ2v) is 3.25. The number of hydrogen-bond acceptors (Lipinski definition) is 4. The van der Waals surface area contributed by atoms with E-state index < -0.39 is 11.8 Å². The number of nitriles is 2. The summed E-state index contributed by atoms with van der Waals surface area (Å²) < 4.78 is 32.3. The van der Waals surface area contributed by atoms with Crippen LogP contribution in [0.3, 0.4) is 0 Å². The topological polar surface area (TPSA) is 73.4 Å². The molecule has 2 atom stereocenters. The first-order chi connectivity index (χ1) is 9.38. The predicted octanol–water partition coefficient (Wildman–Crippen LogP) is 1.53. The van der Waals surface area contributed by atoms with Crippen molar-refractivity contribution >= 4 is 0 Å². The molecule has 0 aliphatic heterocycles. The van der Waals surface area contributed by atoms with E-state index in [-0.39, 0.29) is 34.9 Å². The van der Waals surface area contributed by atoms with E-state index in [0.717, 1.165) is 0 Å². The molecule has 1 heterocycles. The summed E-state index contributed by atoms with van der Waals surface area (Å²) in [6.45, 7) is 0. The quantitative estimate of drug-likeness (QED) is 0.608. The van der Waals surface area contributed by atoms with Gasteiger partial charge in [-0.3, -0.25) is 0 Å². The number of allylic oxidation sites excluding steroid dienone is 4. The molecular weight excluding hydrogens is 200 g/mol. The van der Waals surface area contributed by atoms with Crippen molar-refractivity contribution in [1.29, 1.82) is 10.5 Å². The molecule has 0 aromatic carbocycles. The van der Waals surface area contributed by atoms with Crippen molar-refractivity contribution in [3.05, 3.63) is 47.0 Å². The molecule has 1 aromatic heterocycles. The molecule has 4 rings (SSSR count). The van der Waals surface area contributed by atoms with Gasteiger partial charge < -0.3 is 0 Å². The number of aromatic nitrogens is 2. The second-order valence-electron chi connectivity index (χ2n) is 3.25. The van der Waals surface area contributed by atoms with Crippen molar-refractivity contribution in [3.63, 3.8) is 0 Å². The molecule has 0 fully saturated rings. The van der Waals surface area contributed by atoms with Gasteiger partial charge in [0.25, 0.3) is 0 Å². The van der Waals surface area contributed by atoms with Gasteiger partial charge in [0.2, 0.25) is 0 Å². The molecule has 16 heavy (non-hydrogen) atoms. The number of hydrogen-bond donors (Lipinski definition) is 0. The summed E-state index contributed by atoms with van der Waals surface area (Å²) in [4.78, 5) is 7.89. The molecule has 4 nitrogen and oxygen atoms in total. The van der Waals surface area contributed by atoms with E-state index in [0.29, 0.717) is 0 Å². The van der Waals surface area contributed by atoms with Gasteiger partial charge in [0.05, 0.1) is 14.1 Å². The van der Waals surface area contributed by atoms with Gasteiger partial charge in [-0.05, 0) is 0 Å². The molecule has 2 bridgehead atoms. The molecule has 0 unspecified atom stereocenters. The van der Waals surface area contributed by atoms with Crippen molar-refractivity contribution < 1.29 is 5.48 Å². The van der Waals surface area contributed by atoms with Gasteiger partial charge in [0.1, 0.15) is 12.1 Å². The van der Waals surface area contributed by atoms with Crippen molar-refractivity contribution in [3.8, 4) is 12.1 Å². The Balaban J connectivity index is 2.44. The first-order valence-corrected chi connectivity index (χ1v) is 4.50. The molecule has 3 aliphatic carbocycles. The third-order valence-corrected chi connectivity index (χ3v) is 2.37. The number of rotatable bonds is 0. The maximum atomic E-state index is 8.96. The summed E-state index contributed by atoms with van der Waals surface area (Å²) in [5.74, 6) is -3.44. The Kier molecular flexibility index (Phi) is 1.05. The lowest BCUT2D eigenvalue weighted by molar-refractivity contribution is 0.785. The Bertz CT molecular complexity index is 736. The fraction of sp³-hybridized carbons (Fsp3) is 0.167. The maximum absolute atomic E-state index is 8.96. The average Bonchev–Trinajstić information content (AvgIpc) is 2.47. The van der Waals surface area contributed by atoms with Crippen molar-refractivity contribution in [2.24, 2.45) is 0 Å². The average molecular weight is 210 g/mol. The lowest BCUT2D eigenvalue weighted by Gasteiger charge is -2.26. The predicted molar refractivity (Wildman–Crippen MR) is 55.2 cm³/mol. The van der Waals surface area contributed by atoms with E-state index in [1.165, 1.54) is 12.2 Å². The summed E-state index contributed by atoms with van der Waals surface area (Å²) in [6, 6.07) is 2.73. The minimum Gasteiger partial charge on any atom is -0.236 e. The van der Waals surface area contributed by atoms with Gasteiger partial charge >= 0.3 is 0 Å². The summed E-state index contributed by atoms with van der Waals surface area (Å²) in [7, 11) is 0. The highest BCUT2D eigenvalue weighted by atomic mass is 14.9. The van der Waals surface area contributed by atoms with Crippen LogP contribution >= 0.6 is 0 Å². The van der Waals surface area contributed by atoms with E-state index in [4.69, 9.17) is 16.0 Å². The highest BCUT2D eigenvalue weighted by Gasteiger charge is 2.28. The Morgan fingerprint density at radius 1 is 1.06 bits per heavy atom. The molecule has 0 saturated heterocycles. The van der Waals surface area contributed by atoms with Crippen LogP contribution in [0.25, 0.3) is 0 Å². The Morgan fingerprint density at radius 2 is 1.50 bits per heavy atom. The Morgan fingerprint density at radius 3 is 1.88 bits per heavy atom. The van der Waals surface area contributed by atoms with Crippen molar-refractivity contribution in [2.75, 3.05) is 0 Å². The largest absolute Gasteiger partial charge is 0.236 e. The van der Waals surface area contributed by atoms with Crippen LogP contribution < -0.4 is 0 Å². The van der Waals surface area contributed by atoms with E-state index in [9.17, 15) is 0 Å². The lowest BCUT2D eigenvalue weighted by Crippen LogP contribution is -2.18. The van der Waals surface area contributed by atoms with Crippen molar-refractivity contribution in [1.82, 2.24) is 9.97 Å². The van der Waals surface area contributed by atoms with E-state index in [2.05, 4.69) is 9.97 Å². The summed E-state index contributed by atoms with van der Waals surface area (Å²) in [5, 5.41) is 17.9. The monoisotopic (exact) mass is 210 g/mol. The van der Waals surface area contributed by atoms with Crippen LogP contribution in [0.1, 0.15) is 40.0 Å². The van der Waals surface area contributed by atoms with Crippen LogP contribution in [-0.2, 0) is 0 Å². The molecule has 0 spiro atoms. The van der Waals surface area contributed by atoms with E-state index in [1.807, 2.05) is 0 Å². The van der Waals surface area contributed by atoms with Gasteiger partial charge in [-0.2, -0.15) is 10.5 Å². The molecule has 0 saturated carbocycles. The molecular formula is C12H6N4. The smallest absolute Gasteiger partial charge is 0.177 e. The lowest BCUT2D eigenvalue weighted by atomic mass is 9.82. The standard InChI is InChI=1S/C12H6N4/c13-5-9-10(6-14)16-12-8-2-1-7(3-4-8)11(12)15-9/h1-4,7-8H/t7-,8+/i1D,2D,7D,8D. The van der Waals surface area contributed by atoms with Crippen LogP contribution in [0.5, 0.6) is 0 Å². The Labute approximate surface area is 97.8 Å². The zero-order valence-electron chi connectivity index (χ0n) is 11.9. The minimum atomic E-state index is -1.72. The third-order valence-electron chi connectivity index (χ3n) is 2.37. The van der Waals surface area contributed by atoms with Gasteiger partial charge in [-0.25, -0.2) is 9.97 Å². The van der Waals surface area contributed by atoms with Crippen LogP contribution in [-0.4, -0.2) is 9.97 Å². The molecule has 0 radical (unpaired) electrons. The van der Waals surface area contributed by atoms with Crippen LogP contribution in [0.2, 0.25) is 0 Å². The van der Waals surface area contributed by atoms with Crippen molar-refractivity contribution in [2.45, 2.75) is 11.8 Å². The molecule has 1 aromatic rings. The van der Waals surface area contributed by atoms with E-state index in [1.54, 1.807) is 12.1 Å². The second kappa shape index (κ2) is 3.01. The number of nitrogens with zero attached hydrogens (tertiary/aromatic N) is 4. The third kappa shape index (κ3) is 1.01. The first-order valence-electron chi connectivity index (χ1n) is 6.50. The van der Waals surface area contributed by atoms with E-state index >= 15 is 0 Å². The van der Waals surface area contributed by atoms with Gasteiger partial charge in [0, 0.05) is 14.5 Å². The molecule has 74 valence electrons. The van der Waals surface area contributed by atoms with Gasteiger partial charge in [-0.1, -0.05) is 24.3 Å². The van der Waals surface area contributed by atoms with Crippen LogP contribution in [0, 0.1) is 22.7 Å². The summed E-state index contributed by atoms with van der Waals surface area (Å²) >= 11 is 0. The summed E-state index contributed by atoms with van der Waals surface area (Å²) in [6.07, 6.45) is 2.62. The zero-order valence-corrected chi connectivity index (χ0v) is 7.94. The maximum Gasteiger partial charge on any atom is 0.177 e. The molecule has 3 aliphatic rings. The molecule has 0 N–H and O–H groups in total. The Hall–Kier alpha value is -2.46. The first kappa shape index (κ1) is 5.58. The fourth-order valence-electron chi connectivity index (χ4n) is 1.63. The van der Waals surface area contributed by atoms with Crippen LogP contribution in [0.4, 0.5) is 0 Å². The SMILES string of the molecule is [2H]C1=C([2H])[C@@]2([2H])C=C[C@]1([2H])c1nc(C#N)c(C#N)nc12. The zero-order chi connectivity index (χ0) is 14.7. The van der Waals surface area contributed by atoms with Gasteiger partial charge in [0.15, 0.2) is 11.4 Å². The normalized spacial score (nSPS) is 37.6. The molecule has 0 amide bonds. The van der Waals surface area contributed by atoms with Gasteiger partial charge in [-0.15, -0.1) is 0 Å². The highest BCUT2D eigenvalue weighted by Crippen LogP contribution is 2.38. The minimum absolute atomic E-state index is 0.0217.